The fraction of sp³-hybridized carbons (Fsp3) is 0.290. The van der Waals surface area contributed by atoms with E-state index in [4.69, 9.17) is 18.9 Å². The van der Waals surface area contributed by atoms with Gasteiger partial charge in [0, 0.05) is 61.3 Å². The number of hydrogen-bond acceptors (Lipinski definition) is 8. The van der Waals surface area contributed by atoms with E-state index in [0.717, 1.165) is 31.9 Å². The molecular weight excluding hydrogens is 524 g/mol. The van der Waals surface area contributed by atoms with Crippen molar-refractivity contribution in [1.82, 2.24) is 4.90 Å². The van der Waals surface area contributed by atoms with E-state index in [2.05, 4.69) is 27.5 Å². The highest BCUT2D eigenvalue weighted by Gasteiger charge is 2.16. The SMILES string of the molecule is COc1cc(OC)c(/C=C/C(=O)Nc2ccc(OC)c(NC(=O)c3ccc(N4CCN(C)CC4)cc3)c2)c(OC)c1. The maximum atomic E-state index is 13.1. The number of hydrogen-bond donors (Lipinski definition) is 2. The van der Waals surface area contributed by atoms with Gasteiger partial charge in [-0.2, -0.15) is 0 Å². The van der Waals surface area contributed by atoms with Crippen LogP contribution < -0.4 is 34.5 Å². The molecule has 41 heavy (non-hydrogen) atoms. The van der Waals surface area contributed by atoms with Crippen molar-refractivity contribution < 1.29 is 28.5 Å². The van der Waals surface area contributed by atoms with E-state index in [1.165, 1.54) is 27.4 Å². The molecule has 0 saturated carbocycles. The largest absolute Gasteiger partial charge is 0.496 e. The standard InChI is InChI=1S/C31H36N4O6/c1-34-14-16-35(17-15-34)23-9-6-21(7-10-23)31(37)33-26-18-22(8-12-27(26)39-3)32-30(36)13-11-25-28(40-4)19-24(38-2)20-29(25)41-5/h6-13,18-20H,14-17H2,1-5H3,(H,32,36)(H,33,37)/b13-11+. The summed E-state index contributed by atoms with van der Waals surface area (Å²) < 4.78 is 21.6. The van der Waals surface area contributed by atoms with Gasteiger partial charge < -0.3 is 39.4 Å². The number of carbonyl (C=O) groups is 2. The molecule has 0 aromatic heterocycles. The lowest BCUT2D eigenvalue weighted by molar-refractivity contribution is -0.111. The normalized spacial score (nSPS) is 13.5. The Morgan fingerprint density at radius 2 is 1.39 bits per heavy atom. The summed E-state index contributed by atoms with van der Waals surface area (Å²) in [6.07, 6.45) is 2.97. The van der Waals surface area contributed by atoms with Gasteiger partial charge in [-0.15, -0.1) is 0 Å². The number of piperazine rings is 1. The van der Waals surface area contributed by atoms with Crippen LogP contribution in [-0.4, -0.2) is 78.4 Å². The van der Waals surface area contributed by atoms with Crippen molar-refractivity contribution in [3.8, 4) is 23.0 Å². The van der Waals surface area contributed by atoms with Crippen LogP contribution in [0.15, 0.2) is 60.7 Å². The second kappa shape index (κ2) is 13.6. The van der Waals surface area contributed by atoms with Crippen LogP contribution in [0.3, 0.4) is 0 Å². The monoisotopic (exact) mass is 560 g/mol. The van der Waals surface area contributed by atoms with Crippen molar-refractivity contribution >= 4 is 35.0 Å². The van der Waals surface area contributed by atoms with Crippen molar-refractivity contribution in [3.63, 3.8) is 0 Å². The van der Waals surface area contributed by atoms with Gasteiger partial charge >= 0.3 is 0 Å². The third-order valence-corrected chi connectivity index (χ3v) is 6.87. The van der Waals surface area contributed by atoms with Crippen molar-refractivity contribution in [1.29, 1.82) is 0 Å². The minimum Gasteiger partial charge on any atom is -0.496 e. The molecule has 0 bridgehead atoms. The predicted molar refractivity (Wildman–Crippen MR) is 161 cm³/mol. The Kier molecular flexibility index (Phi) is 9.70. The van der Waals surface area contributed by atoms with Crippen LogP contribution in [0, 0.1) is 0 Å². The topological polar surface area (TPSA) is 102 Å². The van der Waals surface area contributed by atoms with E-state index in [-0.39, 0.29) is 11.8 Å². The van der Waals surface area contributed by atoms with E-state index in [0.29, 0.717) is 45.5 Å². The Morgan fingerprint density at radius 3 is 1.98 bits per heavy atom. The average molecular weight is 561 g/mol. The van der Waals surface area contributed by atoms with Gasteiger partial charge in [0.15, 0.2) is 0 Å². The zero-order valence-electron chi connectivity index (χ0n) is 24.0. The summed E-state index contributed by atoms with van der Waals surface area (Å²) in [4.78, 5) is 30.4. The molecule has 1 heterocycles. The molecule has 2 N–H and O–H groups in total. The predicted octanol–water partition coefficient (Wildman–Crippen LogP) is 4.38. The van der Waals surface area contributed by atoms with Crippen LogP contribution in [0.4, 0.5) is 17.1 Å². The Labute approximate surface area is 240 Å². The zero-order chi connectivity index (χ0) is 29.4. The summed E-state index contributed by atoms with van der Waals surface area (Å²) in [5.41, 5.74) is 3.11. The number of ether oxygens (including phenoxy) is 4. The van der Waals surface area contributed by atoms with Crippen LogP contribution in [0.5, 0.6) is 23.0 Å². The van der Waals surface area contributed by atoms with E-state index >= 15 is 0 Å². The van der Waals surface area contributed by atoms with Crippen molar-refractivity contribution in [2.24, 2.45) is 0 Å². The van der Waals surface area contributed by atoms with Crippen LogP contribution in [0.1, 0.15) is 15.9 Å². The number of nitrogens with zero attached hydrogens (tertiary/aromatic N) is 2. The highest BCUT2D eigenvalue weighted by atomic mass is 16.5. The molecule has 0 radical (unpaired) electrons. The maximum Gasteiger partial charge on any atom is 0.255 e. The lowest BCUT2D eigenvalue weighted by Crippen LogP contribution is -2.44. The smallest absolute Gasteiger partial charge is 0.255 e. The van der Waals surface area contributed by atoms with Crippen molar-refractivity contribution in [2.45, 2.75) is 0 Å². The first-order chi connectivity index (χ1) is 19.8. The average Bonchev–Trinajstić information content (AvgIpc) is 3.00. The molecule has 1 aliphatic rings. The first kappa shape index (κ1) is 29.3. The lowest BCUT2D eigenvalue weighted by atomic mass is 10.1. The molecule has 10 nitrogen and oxygen atoms in total. The maximum absolute atomic E-state index is 13.1. The summed E-state index contributed by atoms with van der Waals surface area (Å²) in [6.45, 7) is 3.92. The molecule has 3 aromatic carbocycles. The number of rotatable bonds is 10. The van der Waals surface area contributed by atoms with E-state index in [9.17, 15) is 9.59 Å². The van der Waals surface area contributed by atoms with E-state index in [1.807, 2.05) is 24.3 Å². The number of carbonyl (C=O) groups excluding carboxylic acids is 2. The lowest BCUT2D eigenvalue weighted by Gasteiger charge is -2.34. The first-order valence-corrected chi connectivity index (χ1v) is 13.2. The minimum atomic E-state index is -0.383. The van der Waals surface area contributed by atoms with Crippen LogP contribution in [0.25, 0.3) is 6.08 Å². The van der Waals surface area contributed by atoms with Crippen molar-refractivity contribution in [3.05, 3.63) is 71.8 Å². The third kappa shape index (κ3) is 7.29. The molecule has 0 spiro atoms. The molecule has 216 valence electrons. The van der Waals surface area contributed by atoms with Gasteiger partial charge in [-0.25, -0.2) is 0 Å². The summed E-state index contributed by atoms with van der Waals surface area (Å²) in [5.74, 6) is 1.36. The molecule has 1 fully saturated rings. The van der Waals surface area contributed by atoms with Gasteiger partial charge in [-0.3, -0.25) is 9.59 Å². The molecular formula is C31H36N4O6. The number of benzene rings is 3. The number of nitrogens with one attached hydrogen (secondary N) is 2. The first-order valence-electron chi connectivity index (χ1n) is 13.2. The van der Waals surface area contributed by atoms with Gasteiger partial charge in [0.1, 0.15) is 23.0 Å². The summed E-state index contributed by atoms with van der Waals surface area (Å²) >= 11 is 0. The van der Waals surface area contributed by atoms with Gasteiger partial charge in [0.2, 0.25) is 5.91 Å². The molecule has 1 aliphatic heterocycles. The van der Waals surface area contributed by atoms with Crippen LogP contribution in [0.2, 0.25) is 0 Å². The highest BCUT2D eigenvalue weighted by Crippen LogP contribution is 2.35. The molecule has 1 saturated heterocycles. The number of likely N-dealkylation sites (N-methyl/N-ethyl adjacent to an activating group) is 1. The Morgan fingerprint density at radius 1 is 0.756 bits per heavy atom. The molecule has 0 unspecified atom stereocenters. The second-order valence-electron chi connectivity index (χ2n) is 9.47. The Hall–Kier alpha value is -4.70. The molecule has 10 heteroatoms. The van der Waals surface area contributed by atoms with Crippen LogP contribution in [-0.2, 0) is 4.79 Å². The van der Waals surface area contributed by atoms with Gasteiger partial charge in [-0.05, 0) is 55.6 Å². The summed E-state index contributed by atoms with van der Waals surface area (Å²) in [5, 5.41) is 5.71. The van der Waals surface area contributed by atoms with Gasteiger partial charge in [-0.1, -0.05) is 0 Å². The highest BCUT2D eigenvalue weighted by molar-refractivity contribution is 6.06. The van der Waals surface area contributed by atoms with E-state index < -0.39 is 0 Å². The molecule has 0 atom stereocenters. The second-order valence-corrected chi connectivity index (χ2v) is 9.47. The van der Waals surface area contributed by atoms with Crippen LogP contribution >= 0.6 is 0 Å². The molecule has 4 rings (SSSR count). The van der Waals surface area contributed by atoms with Crippen molar-refractivity contribution in [2.75, 3.05) is 77.2 Å². The fourth-order valence-electron chi connectivity index (χ4n) is 4.51. The molecule has 0 aliphatic carbocycles. The summed E-state index contributed by atoms with van der Waals surface area (Å²) in [6, 6.07) is 16.0. The zero-order valence-corrected chi connectivity index (χ0v) is 24.0. The number of anilines is 3. The van der Waals surface area contributed by atoms with E-state index in [1.54, 1.807) is 43.5 Å². The Balaban J connectivity index is 1.45. The quantitative estimate of drug-likeness (QED) is 0.353. The fourth-order valence-corrected chi connectivity index (χ4v) is 4.51. The number of methoxy groups -OCH3 is 4. The van der Waals surface area contributed by atoms with Gasteiger partial charge in [0.05, 0.1) is 39.7 Å². The molecule has 2 amide bonds. The minimum absolute atomic E-state index is 0.282. The third-order valence-electron chi connectivity index (χ3n) is 6.87. The Bertz CT molecular complexity index is 1370. The number of amides is 2. The van der Waals surface area contributed by atoms with Gasteiger partial charge in [0.25, 0.3) is 5.91 Å². The summed E-state index contributed by atoms with van der Waals surface area (Å²) in [7, 11) is 8.25. The molecule has 3 aromatic rings.